The van der Waals surface area contributed by atoms with Crippen LogP contribution in [0.3, 0.4) is 0 Å². The standard InChI is InChI=1S/C20H14Cl3F4N3O2/c21-12-4-3-10(5-15(12)28-29-18(31)9-1-2-9)16-8-19(32-30-16,20(25,26)27)11-6-13(22)17(24)14(23)7-11/h3-7,9,28H,1-2,8H2,(H,29,31)/t19-/m0/s1. The molecule has 1 aliphatic carbocycles. The molecule has 0 spiro atoms. The maximum Gasteiger partial charge on any atom is 0.435 e. The van der Waals surface area contributed by atoms with E-state index < -0.39 is 39.6 Å². The number of carbonyl (C=O) groups is 1. The minimum absolute atomic E-state index is 0.0351. The predicted octanol–water partition coefficient (Wildman–Crippen LogP) is 6.22. The topological polar surface area (TPSA) is 62.7 Å². The van der Waals surface area contributed by atoms with Gasteiger partial charge in [0.25, 0.3) is 5.60 Å². The monoisotopic (exact) mass is 509 g/mol. The molecule has 1 aliphatic heterocycles. The summed E-state index contributed by atoms with van der Waals surface area (Å²) < 4.78 is 56.2. The van der Waals surface area contributed by atoms with Crippen molar-refractivity contribution in [3.05, 3.63) is 62.3 Å². The third kappa shape index (κ3) is 4.21. The summed E-state index contributed by atoms with van der Waals surface area (Å²) in [5, 5.41) is 2.74. The van der Waals surface area contributed by atoms with E-state index in [-0.39, 0.29) is 33.8 Å². The average Bonchev–Trinajstić information content (AvgIpc) is 3.48. The molecule has 12 heteroatoms. The molecular weight excluding hydrogens is 497 g/mol. The van der Waals surface area contributed by atoms with Crippen molar-refractivity contribution in [2.45, 2.75) is 31.0 Å². The van der Waals surface area contributed by atoms with E-state index in [4.69, 9.17) is 39.6 Å². The zero-order valence-corrected chi connectivity index (χ0v) is 18.3. The highest BCUT2D eigenvalue weighted by atomic mass is 35.5. The fourth-order valence-corrected chi connectivity index (χ4v) is 3.88. The lowest BCUT2D eigenvalue weighted by atomic mass is 9.86. The summed E-state index contributed by atoms with van der Waals surface area (Å²) in [5.41, 5.74) is 2.32. The highest BCUT2D eigenvalue weighted by molar-refractivity contribution is 6.35. The second-order valence-electron chi connectivity index (χ2n) is 7.47. The van der Waals surface area contributed by atoms with Crippen molar-refractivity contribution in [2.24, 2.45) is 11.1 Å². The van der Waals surface area contributed by atoms with E-state index >= 15 is 0 Å². The number of carbonyl (C=O) groups excluding carboxylic acids is 1. The van der Waals surface area contributed by atoms with Crippen LogP contribution in [-0.4, -0.2) is 17.8 Å². The Bertz CT molecular complexity index is 1100. The number of benzene rings is 2. The molecule has 0 unspecified atom stereocenters. The van der Waals surface area contributed by atoms with E-state index in [9.17, 15) is 22.4 Å². The highest BCUT2D eigenvalue weighted by Gasteiger charge is 2.62. The summed E-state index contributed by atoms with van der Waals surface area (Å²) in [4.78, 5) is 16.7. The first-order valence-electron chi connectivity index (χ1n) is 9.34. The minimum Gasteiger partial charge on any atom is -0.374 e. The molecule has 1 atom stereocenters. The normalized spacial score (nSPS) is 20.5. The Balaban J connectivity index is 1.62. The first-order valence-corrected chi connectivity index (χ1v) is 10.5. The second-order valence-corrected chi connectivity index (χ2v) is 8.69. The lowest BCUT2D eigenvalue weighted by molar-refractivity contribution is -0.275. The number of alkyl halides is 3. The van der Waals surface area contributed by atoms with Gasteiger partial charge in [-0.15, -0.1) is 0 Å². The van der Waals surface area contributed by atoms with Gasteiger partial charge < -0.3 is 4.84 Å². The number of halogens is 7. The van der Waals surface area contributed by atoms with E-state index in [0.29, 0.717) is 0 Å². The van der Waals surface area contributed by atoms with Crippen molar-refractivity contribution in [3.63, 3.8) is 0 Å². The molecule has 2 aromatic carbocycles. The van der Waals surface area contributed by atoms with Crippen LogP contribution in [0.2, 0.25) is 15.1 Å². The van der Waals surface area contributed by atoms with Crippen molar-refractivity contribution in [2.75, 3.05) is 5.43 Å². The Labute approximate surface area is 194 Å². The van der Waals surface area contributed by atoms with Gasteiger partial charge in [0.15, 0.2) is 5.82 Å². The zero-order chi connectivity index (χ0) is 23.3. The molecule has 1 amide bonds. The first kappa shape index (κ1) is 22.9. The van der Waals surface area contributed by atoms with Crippen molar-refractivity contribution in [3.8, 4) is 0 Å². The molecular formula is C20H14Cl3F4N3O2. The molecule has 2 aliphatic rings. The summed E-state index contributed by atoms with van der Waals surface area (Å²) in [5.74, 6) is -1.29. The van der Waals surface area contributed by atoms with Crippen LogP contribution in [0.25, 0.3) is 0 Å². The zero-order valence-electron chi connectivity index (χ0n) is 16.0. The molecule has 1 saturated carbocycles. The quantitative estimate of drug-likeness (QED) is 0.285. The van der Waals surface area contributed by atoms with Crippen LogP contribution in [-0.2, 0) is 15.2 Å². The van der Waals surface area contributed by atoms with Gasteiger partial charge in [0.05, 0.1) is 26.5 Å². The Hall–Kier alpha value is -2.23. The fourth-order valence-electron chi connectivity index (χ4n) is 3.22. The largest absolute Gasteiger partial charge is 0.435 e. The maximum atomic E-state index is 14.1. The van der Waals surface area contributed by atoms with Gasteiger partial charge in [-0.05, 0) is 37.1 Å². The predicted molar refractivity (Wildman–Crippen MR) is 112 cm³/mol. The molecule has 1 heterocycles. The van der Waals surface area contributed by atoms with Crippen molar-refractivity contribution < 1.29 is 27.2 Å². The second kappa shape index (κ2) is 8.28. The summed E-state index contributed by atoms with van der Waals surface area (Å²) in [6, 6.07) is 5.99. The Morgan fingerprint density at radius 2 is 1.75 bits per heavy atom. The number of hydrazine groups is 1. The van der Waals surface area contributed by atoms with E-state index in [1.807, 2.05) is 0 Å². The van der Waals surface area contributed by atoms with Crippen molar-refractivity contribution in [1.29, 1.82) is 0 Å². The number of amides is 1. The number of nitrogens with one attached hydrogen (secondary N) is 2. The van der Waals surface area contributed by atoms with E-state index in [0.717, 1.165) is 25.0 Å². The molecule has 2 aromatic rings. The van der Waals surface area contributed by atoms with Crippen LogP contribution in [0.1, 0.15) is 30.4 Å². The van der Waals surface area contributed by atoms with Gasteiger partial charge in [-0.1, -0.05) is 46.0 Å². The molecule has 32 heavy (non-hydrogen) atoms. The number of oxime groups is 1. The smallest absolute Gasteiger partial charge is 0.374 e. The number of hydrogen-bond acceptors (Lipinski definition) is 4. The van der Waals surface area contributed by atoms with Crippen LogP contribution in [0.5, 0.6) is 0 Å². The molecule has 4 rings (SSSR count). The minimum atomic E-state index is -4.92. The molecule has 1 fully saturated rings. The van der Waals surface area contributed by atoms with Crippen LogP contribution in [0.15, 0.2) is 35.5 Å². The Morgan fingerprint density at radius 1 is 1.09 bits per heavy atom. The Kier molecular flexibility index (Phi) is 5.94. The van der Waals surface area contributed by atoms with Gasteiger partial charge in [-0.2, -0.15) is 13.2 Å². The molecule has 2 N–H and O–H groups in total. The van der Waals surface area contributed by atoms with Crippen molar-refractivity contribution >= 4 is 52.1 Å². The number of nitrogens with zero attached hydrogens (tertiary/aromatic N) is 1. The third-order valence-corrected chi connectivity index (χ3v) is 6.08. The lowest BCUT2D eigenvalue weighted by Crippen LogP contribution is -2.42. The lowest BCUT2D eigenvalue weighted by Gasteiger charge is -2.29. The summed E-state index contributed by atoms with van der Waals surface area (Å²) >= 11 is 17.5. The van der Waals surface area contributed by atoms with E-state index in [1.165, 1.54) is 18.2 Å². The maximum absolute atomic E-state index is 14.1. The average molecular weight is 511 g/mol. The SMILES string of the molecule is O=C(NNc1cc(C2=NO[C@@](c3cc(Cl)c(F)c(Cl)c3)(C(F)(F)F)C2)ccc1Cl)C1CC1. The van der Waals surface area contributed by atoms with Gasteiger partial charge in [-0.3, -0.25) is 15.6 Å². The van der Waals surface area contributed by atoms with Crippen LogP contribution in [0, 0.1) is 11.7 Å². The van der Waals surface area contributed by atoms with Gasteiger partial charge >= 0.3 is 6.18 Å². The van der Waals surface area contributed by atoms with Gasteiger partial charge in [-0.25, -0.2) is 4.39 Å². The highest BCUT2D eigenvalue weighted by Crippen LogP contribution is 2.50. The van der Waals surface area contributed by atoms with Gasteiger partial charge in [0, 0.05) is 23.5 Å². The number of anilines is 1. The summed E-state index contributed by atoms with van der Waals surface area (Å²) in [7, 11) is 0. The van der Waals surface area contributed by atoms with E-state index in [2.05, 4.69) is 16.0 Å². The molecule has 0 bridgehead atoms. The van der Waals surface area contributed by atoms with Gasteiger partial charge in [0.2, 0.25) is 5.91 Å². The first-order chi connectivity index (χ1) is 15.0. The van der Waals surface area contributed by atoms with Crippen LogP contribution in [0.4, 0.5) is 23.2 Å². The molecule has 0 radical (unpaired) electrons. The van der Waals surface area contributed by atoms with Crippen molar-refractivity contribution in [1.82, 2.24) is 5.43 Å². The molecule has 5 nitrogen and oxygen atoms in total. The molecule has 0 aromatic heterocycles. The van der Waals surface area contributed by atoms with Crippen LogP contribution < -0.4 is 10.9 Å². The molecule has 0 saturated heterocycles. The summed E-state index contributed by atoms with van der Waals surface area (Å²) in [6.45, 7) is 0. The fraction of sp³-hybridized carbons (Fsp3) is 0.300. The van der Waals surface area contributed by atoms with Crippen LogP contribution >= 0.6 is 34.8 Å². The Morgan fingerprint density at radius 3 is 2.34 bits per heavy atom. The van der Waals surface area contributed by atoms with Gasteiger partial charge in [0.1, 0.15) is 0 Å². The van der Waals surface area contributed by atoms with E-state index in [1.54, 1.807) is 0 Å². The third-order valence-electron chi connectivity index (χ3n) is 5.20. The summed E-state index contributed by atoms with van der Waals surface area (Å²) in [6.07, 6.45) is -4.04. The number of hydrogen-bond donors (Lipinski definition) is 2. The number of rotatable bonds is 5. The molecule has 170 valence electrons.